The first kappa shape index (κ1) is 15.2. The van der Waals surface area contributed by atoms with Crippen LogP contribution in [0.25, 0.3) is 0 Å². The Kier molecular flexibility index (Phi) is 5.79. The van der Waals surface area contributed by atoms with E-state index in [-0.39, 0.29) is 12.6 Å². The van der Waals surface area contributed by atoms with Crippen LogP contribution in [0.3, 0.4) is 0 Å². The van der Waals surface area contributed by atoms with E-state index in [0.29, 0.717) is 21.6 Å². The van der Waals surface area contributed by atoms with Gasteiger partial charge in [-0.25, -0.2) is 0 Å². The van der Waals surface area contributed by atoms with E-state index < -0.39 is 0 Å². The molecule has 0 radical (unpaired) electrons. The number of nitrogens with two attached hydrogens (primary N) is 1. The summed E-state index contributed by atoms with van der Waals surface area (Å²) < 4.78 is 10.7. The molecule has 0 aliphatic heterocycles. The van der Waals surface area contributed by atoms with Gasteiger partial charge in [0.2, 0.25) is 0 Å². The summed E-state index contributed by atoms with van der Waals surface area (Å²) >= 11 is 11.8. The van der Waals surface area contributed by atoms with E-state index in [4.69, 9.17) is 38.4 Å². The monoisotopic (exact) mass is 289 g/mol. The van der Waals surface area contributed by atoms with Gasteiger partial charge >= 0.3 is 0 Å². The van der Waals surface area contributed by atoms with Crippen LogP contribution in [-0.2, 0) is 6.42 Å². The molecule has 3 nitrogen and oxygen atoms in total. The lowest BCUT2D eigenvalue weighted by Crippen LogP contribution is -2.17. The fourth-order valence-electron chi connectivity index (χ4n) is 1.55. The summed E-state index contributed by atoms with van der Waals surface area (Å²) in [6.07, 6.45) is 0.721. The molecule has 0 amide bonds. The Hall–Kier alpha value is -0.900. The normalized spacial score (nSPS) is 12.1. The van der Waals surface area contributed by atoms with Crippen molar-refractivity contribution in [2.45, 2.75) is 19.4 Å². The Bertz CT molecular complexity index is 433. The Morgan fingerprint density at radius 3 is 2.67 bits per heavy atom. The van der Waals surface area contributed by atoms with E-state index in [1.807, 2.05) is 19.1 Å². The Morgan fingerprint density at radius 2 is 2.17 bits per heavy atom. The standard InChI is InChI=1S/C13H17Cl2NO2/c1-8(14)7-18-13-11(15)5-10(4-9(2)16)6-12(13)17-3/h5-6,9H,1,4,7,16H2,2-3H3. The minimum atomic E-state index is 0.0557. The zero-order valence-electron chi connectivity index (χ0n) is 10.5. The zero-order chi connectivity index (χ0) is 13.7. The molecule has 1 atom stereocenters. The number of halogens is 2. The molecule has 1 aromatic carbocycles. The van der Waals surface area contributed by atoms with Crippen LogP contribution in [0.4, 0.5) is 0 Å². The van der Waals surface area contributed by atoms with Crippen molar-refractivity contribution in [3.05, 3.63) is 34.3 Å². The fraction of sp³-hybridized carbons (Fsp3) is 0.385. The number of ether oxygens (including phenoxy) is 2. The van der Waals surface area contributed by atoms with Gasteiger partial charge in [-0.1, -0.05) is 29.8 Å². The van der Waals surface area contributed by atoms with Crippen molar-refractivity contribution < 1.29 is 9.47 Å². The average molecular weight is 290 g/mol. The fourth-order valence-corrected chi connectivity index (χ4v) is 1.90. The molecule has 0 saturated heterocycles. The van der Waals surface area contributed by atoms with E-state index in [2.05, 4.69) is 6.58 Å². The molecule has 5 heteroatoms. The van der Waals surface area contributed by atoms with Crippen molar-refractivity contribution in [1.29, 1.82) is 0 Å². The molecule has 1 aromatic rings. The molecule has 0 spiro atoms. The van der Waals surface area contributed by atoms with Crippen molar-refractivity contribution in [3.8, 4) is 11.5 Å². The van der Waals surface area contributed by atoms with Crippen LogP contribution < -0.4 is 15.2 Å². The first-order valence-electron chi connectivity index (χ1n) is 5.52. The first-order chi connectivity index (χ1) is 8.43. The molecule has 0 fully saturated rings. The topological polar surface area (TPSA) is 44.5 Å². The molecule has 1 rings (SSSR count). The smallest absolute Gasteiger partial charge is 0.180 e. The molecule has 0 aromatic heterocycles. The van der Waals surface area contributed by atoms with Crippen molar-refractivity contribution >= 4 is 23.2 Å². The van der Waals surface area contributed by atoms with Gasteiger partial charge in [0.25, 0.3) is 0 Å². The SMILES string of the molecule is C=C(Cl)COc1c(Cl)cc(CC(C)N)cc1OC. The average Bonchev–Trinajstić information content (AvgIpc) is 2.25. The van der Waals surface area contributed by atoms with Crippen LogP contribution >= 0.6 is 23.2 Å². The largest absolute Gasteiger partial charge is 0.493 e. The lowest BCUT2D eigenvalue weighted by molar-refractivity contribution is 0.324. The highest BCUT2D eigenvalue weighted by molar-refractivity contribution is 6.32. The molecule has 0 aliphatic rings. The van der Waals surface area contributed by atoms with Gasteiger partial charge in [-0.2, -0.15) is 0 Å². The van der Waals surface area contributed by atoms with Gasteiger partial charge in [0.15, 0.2) is 11.5 Å². The molecule has 2 N–H and O–H groups in total. The minimum absolute atomic E-state index is 0.0557. The van der Waals surface area contributed by atoms with Crippen molar-refractivity contribution in [2.75, 3.05) is 13.7 Å². The van der Waals surface area contributed by atoms with E-state index in [1.54, 1.807) is 7.11 Å². The van der Waals surface area contributed by atoms with Crippen LogP contribution in [-0.4, -0.2) is 19.8 Å². The van der Waals surface area contributed by atoms with E-state index in [0.717, 1.165) is 12.0 Å². The van der Waals surface area contributed by atoms with Gasteiger partial charge < -0.3 is 15.2 Å². The Morgan fingerprint density at radius 1 is 1.50 bits per heavy atom. The number of benzene rings is 1. The van der Waals surface area contributed by atoms with Gasteiger partial charge in [0.05, 0.1) is 12.1 Å². The lowest BCUT2D eigenvalue weighted by atomic mass is 10.1. The van der Waals surface area contributed by atoms with Crippen molar-refractivity contribution in [2.24, 2.45) is 5.73 Å². The van der Waals surface area contributed by atoms with Crippen molar-refractivity contribution in [1.82, 2.24) is 0 Å². The van der Waals surface area contributed by atoms with Crippen LogP contribution in [0, 0.1) is 0 Å². The number of rotatable bonds is 6. The second-order valence-electron chi connectivity index (χ2n) is 4.10. The maximum Gasteiger partial charge on any atom is 0.180 e. The maximum absolute atomic E-state index is 6.16. The summed E-state index contributed by atoms with van der Waals surface area (Å²) in [4.78, 5) is 0. The summed E-state index contributed by atoms with van der Waals surface area (Å²) in [5.74, 6) is 1.03. The quantitative estimate of drug-likeness (QED) is 0.873. The third-order valence-electron chi connectivity index (χ3n) is 2.22. The lowest BCUT2D eigenvalue weighted by Gasteiger charge is -2.14. The Balaban J connectivity index is 3.00. The highest BCUT2D eigenvalue weighted by atomic mass is 35.5. The summed E-state index contributed by atoms with van der Waals surface area (Å²) in [5, 5.41) is 0.871. The van der Waals surface area contributed by atoms with Crippen LogP contribution in [0.15, 0.2) is 23.7 Å². The predicted molar refractivity (Wildman–Crippen MR) is 75.8 cm³/mol. The molecule has 0 heterocycles. The third kappa shape index (κ3) is 4.41. The number of methoxy groups -OCH3 is 1. The number of hydrogen-bond acceptors (Lipinski definition) is 3. The second-order valence-corrected chi connectivity index (χ2v) is 5.04. The third-order valence-corrected chi connectivity index (χ3v) is 2.61. The molecular formula is C13H17Cl2NO2. The highest BCUT2D eigenvalue weighted by Crippen LogP contribution is 2.37. The molecule has 100 valence electrons. The van der Waals surface area contributed by atoms with E-state index >= 15 is 0 Å². The maximum atomic E-state index is 6.16. The molecule has 18 heavy (non-hydrogen) atoms. The first-order valence-corrected chi connectivity index (χ1v) is 6.27. The summed E-state index contributed by atoms with van der Waals surface area (Å²) in [6.45, 7) is 5.67. The zero-order valence-corrected chi connectivity index (χ0v) is 12.0. The summed E-state index contributed by atoms with van der Waals surface area (Å²) in [5.41, 5.74) is 6.76. The van der Waals surface area contributed by atoms with Crippen molar-refractivity contribution in [3.63, 3.8) is 0 Å². The predicted octanol–water partition coefficient (Wildman–Crippen LogP) is 3.37. The van der Waals surface area contributed by atoms with Gasteiger partial charge in [0, 0.05) is 11.1 Å². The van der Waals surface area contributed by atoms with Gasteiger partial charge in [-0.15, -0.1) is 0 Å². The van der Waals surface area contributed by atoms with Crippen LogP contribution in [0.1, 0.15) is 12.5 Å². The summed E-state index contributed by atoms with van der Waals surface area (Å²) in [7, 11) is 1.56. The van der Waals surface area contributed by atoms with Crippen LogP contribution in [0.5, 0.6) is 11.5 Å². The molecular weight excluding hydrogens is 273 g/mol. The molecule has 0 aliphatic carbocycles. The molecule has 1 unspecified atom stereocenters. The van der Waals surface area contributed by atoms with Crippen LogP contribution in [0.2, 0.25) is 5.02 Å². The molecule has 0 bridgehead atoms. The second kappa shape index (κ2) is 6.88. The molecule has 0 saturated carbocycles. The van der Waals surface area contributed by atoms with Gasteiger partial charge in [0.1, 0.15) is 6.61 Å². The van der Waals surface area contributed by atoms with Gasteiger partial charge in [-0.3, -0.25) is 0 Å². The Labute approximate surface area is 117 Å². The summed E-state index contributed by atoms with van der Waals surface area (Å²) in [6, 6.07) is 3.74. The van der Waals surface area contributed by atoms with E-state index in [9.17, 15) is 0 Å². The highest BCUT2D eigenvalue weighted by Gasteiger charge is 2.13. The van der Waals surface area contributed by atoms with E-state index in [1.165, 1.54) is 0 Å². The number of hydrogen-bond donors (Lipinski definition) is 1. The minimum Gasteiger partial charge on any atom is -0.493 e. The van der Waals surface area contributed by atoms with Gasteiger partial charge in [-0.05, 0) is 31.0 Å².